The summed E-state index contributed by atoms with van der Waals surface area (Å²) in [7, 11) is 0. The molecule has 81 heavy (non-hydrogen) atoms. The molecule has 0 rings (SSSR count). The number of hydrogen-bond donors (Lipinski definition) is 0. The summed E-state index contributed by atoms with van der Waals surface area (Å²) in [5.74, 6) is -0.929. The fraction of sp³-hybridized carbons (Fsp3) is 0.640. The van der Waals surface area contributed by atoms with Gasteiger partial charge in [-0.2, -0.15) is 0 Å². The molecule has 458 valence electrons. The molecule has 6 nitrogen and oxygen atoms in total. The van der Waals surface area contributed by atoms with Crippen LogP contribution in [0.4, 0.5) is 0 Å². The lowest BCUT2D eigenvalue weighted by atomic mass is 10.0. The van der Waals surface area contributed by atoms with Crippen molar-refractivity contribution in [2.45, 2.75) is 297 Å². The van der Waals surface area contributed by atoms with E-state index in [-0.39, 0.29) is 31.1 Å². The number of carbonyl (C=O) groups excluding carboxylic acids is 3. The Kier molecular flexibility index (Phi) is 63.9. The Bertz CT molecular complexity index is 1760. The molecule has 0 saturated heterocycles. The van der Waals surface area contributed by atoms with Crippen LogP contribution in [-0.4, -0.2) is 37.2 Å². The maximum Gasteiger partial charge on any atom is 0.306 e. The second kappa shape index (κ2) is 67.8. The summed E-state index contributed by atoms with van der Waals surface area (Å²) in [6.07, 6.45) is 97.2. The van der Waals surface area contributed by atoms with Crippen LogP contribution < -0.4 is 0 Å². The van der Waals surface area contributed by atoms with Gasteiger partial charge in [0.2, 0.25) is 0 Å². The van der Waals surface area contributed by atoms with Crippen LogP contribution in [0, 0.1) is 0 Å². The van der Waals surface area contributed by atoms with Crippen LogP contribution in [0.5, 0.6) is 0 Å². The highest BCUT2D eigenvalue weighted by molar-refractivity contribution is 5.71. The molecule has 0 aromatic carbocycles. The molecule has 6 heteroatoms. The van der Waals surface area contributed by atoms with E-state index in [1.807, 2.05) is 0 Å². The second-order valence-corrected chi connectivity index (χ2v) is 21.6. The Balaban J connectivity index is 4.34. The Labute approximate surface area is 499 Å². The predicted octanol–water partition coefficient (Wildman–Crippen LogP) is 23.1. The topological polar surface area (TPSA) is 78.9 Å². The highest BCUT2D eigenvalue weighted by Gasteiger charge is 2.19. The number of unbranched alkanes of at least 4 members (excludes halogenated alkanes) is 24. The maximum absolute atomic E-state index is 12.9. The minimum atomic E-state index is -0.801. The van der Waals surface area contributed by atoms with E-state index in [9.17, 15) is 14.4 Å². The highest BCUT2D eigenvalue weighted by atomic mass is 16.6. The standard InChI is InChI=1S/C75H122O6/c1-4-7-10-13-16-19-22-25-27-29-31-33-35-36-37-38-40-41-43-45-47-50-53-56-59-62-65-68-74(77)80-71-72(70-79-73(76)67-64-61-58-55-52-49-24-21-18-15-12-9-6-3)81-75(78)69-66-63-60-57-54-51-48-46-44-42-39-34-32-30-28-26-23-20-17-14-11-8-5-2/h7-12,16-21,25-28,31-34,36-37,49,52,72H,4-6,13-15,22-24,29-30,35,38-48,50-51,53-71H2,1-3H3/b10-7-,11-8-,12-9-,19-16-,20-17-,21-18-,27-25-,28-26-,33-31-,34-32-,37-36-,52-49-. The zero-order valence-corrected chi connectivity index (χ0v) is 52.5. The van der Waals surface area contributed by atoms with E-state index in [1.54, 1.807) is 0 Å². The first-order valence-electron chi connectivity index (χ1n) is 33.3. The average Bonchev–Trinajstić information content (AvgIpc) is 3.46. The molecule has 0 heterocycles. The van der Waals surface area contributed by atoms with Crippen LogP contribution in [-0.2, 0) is 28.6 Å². The van der Waals surface area contributed by atoms with Crippen molar-refractivity contribution in [3.05, 3.63) is 146 Å². The van der Waals surface area contributed by atoms with Gasteiger partial charge < -0.3 is 14.2 Å². The van der Waals surface area contributed by atoms with Gasteiger partial charge in [0.15, 0.2) is 6.10 Å². The number of carbonyl (C=O) groups is 3. The minimum absolute atomic E-state index is 0.0946. The molecule has 0 amide bonds. The fourth-order valence-corrected chi connectivity index (χ4v) is 8.95. The molecular formula is C75H122O6. The van der Waals surface area contributed by atoms with Gasteiger partial charge in [0.25, 0.3) is 0 Å². The molecule has 0 aromatic rings. The van der Waals surface area contributed by atoms with Crippen LogP contribution in [0.3, 0.4) is 0 Å². The van der Waals surface area contributed by atoms with Gasteiger partial charge in [-0.05, 0) is 135 Å². The number of rotatable bonds is 59. The lowest BCUT2D eigenvalue weighted by molar-refractivity contribution is -0.167. The summed E-state index contributed by atoms with van der Waals surface area (Å²) in [6, 6.07) is 0. The molecule has 0 aliphatic rings. The summed E-state index contributed by atoms with van der Waals surface area (Å²) in [4.78, 5) is 38.4. The van der Waals surface area contributed by atoms with Crippen molar-refractivity contribution in [2.24, 2.45) is 0 Å². The molecule has 0 aromatic heterocycles. The fourth-order valence-electron chi connectivity index (χ4n) is 8.95. The van der Waals surface area contributed by atoms with Gasteiger partial charge >= 0.3 is 17.9 Å². The molecule has 0 spiro atoms. The second-order valence-electron chi connectivity index (χ2n) is 21.6. The number of allylic oxidation sites excluding steroid dienone is 24. The third kappa shape index (κ3) is 66.0. The number of hydrogen-bond acceptors (Lipinski definition) is 6. The average molecular weight is 1120 g/mol. The van der Waals surface area contributed by atoms with Crippen molar-refractivity contribution >= 4 is 17.9 Å². The molecule has 0 aliphatic heterocycles. The lowest BCUT2D eigenvalue weighted by Crippen LogP contribution is -2.30. The van der Waals surface area contributed by atoms with E-state index in [1.165, 1.54) is 109 Å². The summed E-state index contributed by atoms with van der Waals surface area (Å²) in [6.45, 7) is 6.28. The molecule has 0 radical (unpaired) electrons. The first-order chi connectivity index (χ1) is 40.0. The number of ether oxygens (including phenoxy) is 3. The first kappa shape index (κ1) is 76.3. The van der Waals surface area contributed by atoms with E-state index >= 15 is 0 Å². The third-order valence-corrected chi connectivity index (χ3v) is 13.8. The van der Waals surface area contributed by atoms with Gasteiger partial charge in [-0.25, -0.2) is 0 Å². The van der Waals surface area contributed by atoms with Crippen LogP contribution in [0.25, 0.3) is 0 Å². The van der Waals surface area contributed by atoms with E-state index in [2.05, 4.69) is 167 Å². The summed E-state index contributed by atoms with van der Waals surface area (Å²) in [5.41, 5.74) is 0. The van der Waals surface area contributed by atoms with Crippen molar-refractivity contribution in [3.8, 4) is 0 Å². The van der Waals surface area contributed by atoms with Gasteiger partial charge in [0, 0.05) is 19.3 Å². The molecular weight excluding hydrogens is 997 g/mol. The van der Waals surface area contributed by atoms with Crippen LogP contribution in [0.1, 0.15) is 290 Å². The first-order valence-corrected chi connectivity index (χ1v) is 33.3. The Hall–Kier alpha value is -4.71. The van der Waals surface area contributed by atoms with E-state index in [4.69, 9.17) is 14.2 Å². The Morgan fingerprint density at radius 1 is 0.247 bits per heavy atom. The molecule has 0 aliphatic carbocycles. The van der Waals surface area contributed by atoms with E-state index < -0.39 is 6.10 Å². The van der Waals surface area contributed by atoms with Crippen molar-refractivity contribution < 1.29 is 28.6 Å². The lowest BCUT2D eigenvalue weighted by Gasteiger charge is -2.18. The monoisotopic (exact) mass is 1120 g/mol. The van der Waals surface area contributed by atoms with Gasteiger partial charge in [-0.1, -0.05) is 282 Å². The molecule has 0 fully saturated rings. The van der Waals surface area contributed by atoms with Crippen molar-refractivity contribution in [2.75, 3.05) is 13.2 Å². The van der Waals surface area contributed by atoms with Gasteiger partial charge in [0.1, 0.15) is 13.2 Å². The highest BCUT2D eigenvalue weighted by Crippen LogP contribution is 2.16. The summed E-state index contributed by atoms with van der Waals surface area (Å²) < 4.78 is 16.9. The third-order valence-electron chi connectivity index (χ3n) is 13.8. The van der Waals surface area contributed by atoms with Crippen molar-refractivity contribution in [1.29, 1.82) is 0 Å². The normalized spacial score (nSPS) is 13.1. The van der Waals surface area contributed by atoms with E-state index in [0.29, 0.717) is 19.3 Å². The summed E-state index contributed by atoms with van der Waals surface area (Å²) in [5, 5.41) is 0. The van der Waals surface area contributed by atoms with Crippen LogP contribution in [0.2, 0.25) is 0 Å². The zero-order chi connectivity index (χ0) is 58.5. The summed E-state index contributed by atoms with van der Waals surface area (Å²) >= 11 is 0. The zero-order valence-electron chi connectivity index (χ0n) is 52.5. The quantitative estimate of drug-likeness (QED) is 0.0261. The van der Waals surface area contributed by atoms with E-state index in [0.717, 1.165) is 141 Å². The molecule has 1 atom stereocenters. The largest absolute Gasteiger partial charge is 0.462 e. The maximum atomic E-state index is 12.9. The van der Waals surface area contributed by atoms with Crippen molar-refractivity contribution in [3.63, 3.8) is 0 Å². The van der Waals surface area contributed by atoms with Crippen molar-refractivity contribution in [1.82, 2.24) is 0 Å². The predicted molar refractivity (Wildman–Crippen MR) is 352 cm³/mol. The van der Waals surface area contributed by atoms with Gasteiger partial charge in [-0.3, -0.25) is 14.4 Å². The molecule has 0 N–H and O–H groups in total. The molecule has 1 unspecified atom stereocenters. The van der Waals surface area contributed by atoms with Gasteiger partial charge in [0.05, 0.1) is 0 Å². The molecule has 0 bridgehead atoms. The Morgan fingerprint density at radius 3 is 0.704 bits per heavy atom. The Morgan fingerprint density at radius 2 is 0.444 bits per heavy atom. The smallest absolute Gasteiger partial charge is 0.306 e. The number of esters is 3. The van der Waals surface area contributed by atoms with Crippen LogP contribution >= 0.6 is 0 Å². The van der Waals surface area contributed by atoms with Gasteiger partial charge in [-0.15, -0.1) is 0 Å². The minimum Gasteiger partial charge on any atom is -0.462 e. The van der Waals surface area contributed by atoms with Crippen LogP contribution in [0.15, 0.2) is 146 Å². The molecule has 0 saturated carbocycles. The SMILES string of the molecule is CC/C=C\C/C=C\C/C=C\C/C=C\C/C=C\CCCCCCCCCCCCCC(=O)OCC(COC(=O)CCCCC/C=C\C/C=C\C/C=C\CC)OC(=O)CCCCCCCCCCCC/C=C\C/C=C\C/C=C\C/C=C\CC.